The molecule has 3 nitrogen and oxygen atoms in total. The lowest BCUT2D eigenvalue weighted by Crippen LogP contribution is -2.12. The summed E-state index contributed by atoms with van der Waals surface area (Å²) in [5, 5.41) is 0. The SMILES string of the molecule is C[C@H](N)C/C=C/c1cnc(N)cc1F. The molecule has 0 bridgehead atoms. The fraction of sp³-hybridized carbons (Fsp3) is 0.300. The minimum Gasteiger partial charge on any atom is -0.384 e. The van der Waals surface area contributed by atoms with E-state index in [9.17, 15) is 4.39 Å². The van der Waals surface area contributed by atoms with Crippen LogP contribution >= 0.6 is 0 Å². The molecule has 0 aliphatic heterocycles. The first-order valence-electron chi connectivity index (χ1n) is 4.42. The molecule has 76 valence electrons. The van der Waals surface area contributed by atoms with Crippen LogP contribution in [-0.2, 0) is 0 Å². The van der Waals surface area contributed by atoms with Gasteiger partial charge in [-0.15, -0.1) is 0 Å². The van der Waals surface area contributed by atoms with Crippen LogP contribution in [0.5, 0.6) is 0 Å². The largest absolute Gasteiger partial charge is 0.384 e. The molecule has 0 saturated carbocycles. The summed E-state index contributed by atoms with van der Waals surface area (Å²) in [4.78, 5) is 3.79. The van der Waals surface area contributed by atoms with Crippen molar-refractivity contribution in [3.8, 4) is 0 Å². The molecule has 1 aromatic heterocycles. The Labute approximate surface area is 82.6 Å². The van der Waals surface area contributed by atoms with Gasteiger partial charge in [0.1, 0.15) is 11.6 Å². The monoisotopic (exact) mass is 195 g/mol. The minimum atomic E-state index is -0.363. The van der Waals surface area contributed by atoms with E-state index in [1.165, 1.54) is 12.3 Å². The zero-order chi connectivity index (χ0) is 10.6. The van der Waals surface area contributed by atoms with Crippen LogP contribution in [0, 0.1) is 5.82 Å². The van der Waals surface area contributed by atoms with Crippen LogP contribution < -0.4 is 11.5 Å². The predicted octanol–water partition coefficient (Wildman–Crippen LogP) is 1.55. The number of hydrogen-bond acceptors (Lipinski definition) is 3. The quantitative estimate of drug-likeness (QED) is 0.769. The van der Waals surface area contributed by atoms with Gasteiger partial charge in [0.25, 0.3) is 0 Å². The third kappa shape index (κ3) is 3.14. The van der Waals surface area contributed by atoms with E-state index in [1.54, 1.807) is 6.08 Å². The van der Waals surface area contributed by atoms with Crippen LogP contribution in [0.2, 0.25) is 0 Å². The lowest BCUT2D eigenvalue weighted by Gasteiger charge is -1.99. The van der Waals surface area contributed by atoms with Crippen molar-refractivity contribution in [1.82, 2.24) is 4.98 Å². The molecule has 0 aromatic carbocycles. The highest BCUT2D eigenvalue weighted by Crippen LogP contribution is 2.10. The first kappa shape index (κ1) is 10.7. The molecule has 4 heteroatoms. The summed E-state index contributed by atoms with van der Waals surface area (Å²) < 4.78 is 13.2. The van der Waals surface area contributed by atoms with Gasteiger partial charge >= 0.3 is 0 Å². The van der Waals surface area contributed by atoms with Crippen molar-refractivity contribution in [2.75, 3.05) is 5.73 Å². The zero-order valence-electron chi connectivity index (χ0n) is 8.07. The maximum absolute atomic E-state index is 13.2. The summed E-state index contributed by atoms with van der Waals surface area (Å²) in [5.74, 6) is -0.176. The van der Waals surface area contributed by atoms with Gasteiger partial charge in [0.2, 0.25) is 0 Å². The number of nitrogens with zero attached hydrogens (tertiary/aromatic N) is 1. The van der Waals surface area contributed by atoms with Crippen LogP contribution in [0.4, 0.5) is 10.2 Å². The van der Waals surface area contributed by atoms with Gasteiger partial charge in [-0.05, 0) is 13.3 Å². The van der Waals surface area contributed by atoms with Crippen molar-refractivity contribution < 1.29 is 4.39 Å². The van der Waals surface area contributed by atoms with E-state index in [-0.39, 0.29) is 17.7 Å². The molecule has 0 saturated heterocycles. The summed E-state index contributed by atoms with van der Waals surface area (Å²) in [6.45, 7) is 1.89. The third-order valence-corrected chi connectivity index (χ3v) is 1.71. The Balaban J connectivity index is 2.72. The van der Waals surface area contributed by atoms with Gasteiger partial charge < -0.3 is 11.5 Å². The Morgan fingerprint density at radius 1 is 1.64 bits per heavy atom. The Morgan fingerprint density at radius 2 is 2.36 bits per heavy atom. The molecular formula is C10H14FN3. The van der Waals surface area contributed by atoms with Crippen molar-refractivity contribution >= 4 is 11.9 Å². The van der Waals surface area contributed by atoms with Crippen LogP contribution in [-0.4, -0.2) is 11.0 Å². The molecule has 1 rings (SSSR count). The van der Waals surface area contributed by atoms with E-state index in [0.717, 1.165) is 0 Å². The van der Waals surface area contributed by atoms with E-state index in [1.807, 2.05) is 13.0 Å². The average molecular weight is 195 g/mol. The predicted molar refractivity (Wildman–Crippen MR) is 55.9 cm³/mol. The van der Waals surface area contributed by atoms with Gasteiger partial charge in [-0.25, -0.2) is 9.37 Å². The number of nitrogens with two attached hydrogens (primary N) is 2. The molecule has 0 aliphatic rings. The van der Waals surface area contributed by atoms with Gasteiger partial charge in [0, 0.05) is 23.9 Å². The highest BCUT2D eigenvalue weighted by atomic mass is 19.1. The highest BCUT2D eigenvalue weighted by Gasteiger charge is 1.99. The highest BCUT2D eigenvalue weighted by molar-refractivity contribution is 5.50. The van der Waals surface area contributed by atoms with Crippen LogP contribution in [0.1, 0.15) is 18.9 Å². The van der Waals surface area contributed by atoms with E-state index in [0.29, 0.717) is 12.0 Å². The summed E-state index contributed by atoms with van der Waals surface area (Å²) >= 11 is 0. The summed E-state index contributed by atoms with van der Waals surface area (Å²) in [5.41, 5.74) is 11.3. The second kappa shape index (κ2) is 4.72. The number of rotatable bonds is 3. The molecule has 0 fully saturated rings. The number of anilines is 1. The van der Waals surface area contributed by atoms with Gasteiger partial charge in [-0.3, -0.25) is 0 Å². The van der Waals surface area contributed by atoms with E-state index >= 15 is 0 Å². The summed E-state index contributed by atoms with van der Waals surface area (Å²) in [6, 6.07) is 1.28. The van der Waals surface area contributed by atoms with Gasteiger partial charge in [0.15, 0.2) is 0 Å². The van der Waals surface area contributed by atoms with Crippen LogP contribution in [0.15, 0.2) is 18.3 Å². The first-order chi connectivity index (χ1) is 6.59. The number of nitrogen functional groups attached to an aromatic ring is 1. The topological polar surface area (TPSA) is 64.9 Å². The Hall–Kier alpha value is -1.42. The molecule has 0 amide bonds. The molecule has 1 atom stereocenters. The third-order valence-electron chi connectivity index (χ3n) is 1.71. The van der Waals surface area contributed by atoms with Crippen LogP contribution in [0.25, 0.3) is 6.08 Å². The first-order valence-corrected chi connectivity index (χ1v) is 4.42. The standard InChI is InChI=1S/C10H14FN3/c1-7(12)3-2-4-8-6-14-10(13)5-9(8)11/h2,4-7H,3,12H2,1H3,(H2,13,14)/b4-2+/t7-/m0/s1. The smallest absolute Gasteiger partial charge is 0.135 e. The summed E-state index contributed by atoms with van der Waals surface area (Å²) in [7, 11) is 0. The fourth-order valence-electron chi connectivity index (χ4n) is 0.988. The molecule has 4 N–H and O–H groups in total. The maximum Gasteiger partial charge on any atom is 0.135 e. The molecule has 14 heavy (non-hydrogen) atoms. The molecule has 1 heterocycles. The summed E-state index contributed by atoms with van der Waals surface area (Å²) in [6.07, 6.45) is 5.60. The van der Waals surface area contributed by atoms with Crippen molar-refractivity contribution in [1.29, 1.82) is 0 Å². The molecule has 1 aromatic rings. The van der Waals surface area contributed by atoms with Crippen molar-refractivity contribution in [2.24, 2.45) is 5.73 Å². The van der Waals surface area contributed by atoms with Crippen molar-refractivity contribution in [3.63, 3.8) is 0 Å². The van der Waals surface area contributed by atoms with Crippen molar-refractivity contribution in [3.05, 3.63) is 29.7 Å². The van der Waals surface area contributed by atoms with Crippen LogP contribution in [0.3, 0.4) is 0 Å². The lowest BCUT2D eigenvalue weighted by atomic mass is 10.2. The van der Waals surface area contributed by atoms with Gasteiger partial charge in [0.05, 0.1) is 0 Å². The maximum atomic E-state index is 13.2. The lowest BCUT2D eigenvalue weighted by molar-refractivity contribution is 0.623. The fourth-order valence-corrected chi connectivity index (χ4v) is 0.988. The average Bonchev–Trinajstić information content (AvgIpc) is 2.08. The normalized spacial score (nSPS) is 13.4. The number of aromatic nitrogens is 1. The number of halogens is 1. The zero-order valence-corrected chi connectivity index (χ0v) is 8.07. The molecular weight excluding hydrogens is 181 g/mol. The van der Waals surface area contributed by atoms with E-state index in [4.69, 9.17) is 11.5 Å². The van der Waals surface area contributed by atoms with E-state index in [2.05, 4.69) is 4.98 Å². The van der Waals surface area contributed by atoms with Crippen molar-refractivity contribution in [2.45, 2.75) is 19.4 Å². The van der Waals surface area contributed by atoms with Gasteiger partial charge in [-0.2, -0.15) is 0 Å². The minimum absolute atomic E-state index is 0.0797. The number of pyridine rings is 1. The molecule has 0 radical (unpaired) electrons. The molecule has 0 aliphatic carbocycles. The molecule has 0 spiro atoms. The van der Waals surface area contributed by atoms with E-state index < -0.39 is 0 Å². The Bertz CT molecular complexity index is 334. The molecule has 0 unspecified atom stereocenters. The second-order valence-electron chi connectivity index (χ2n) is 3.25. The number of hydrogen-bond donors (Lipinski definition) is 2. The Morgan fingerprint density at radius 3 is 2.93 bits per heavy atom. The second-order valence-corrected chi connectivity index (χ2v) is 3.25. The van der Waals surface area contributed by atoms with Gasteiger partial charge in [-0.1, -0.05) is 12.2 Å². The Kier molecular flexibility index (Phi) is 3.59.